The van der Waals surface area contributed by atoms with E-state index in [1.54, 1.807) is 6.07 Å². The van der Waals surface area contributed by atoms with Gasteiger partial charge in [-0.2, -0.15) is 0 Å². The number of hydrogen-bond acceptors (Lipinski definition) is 4. The predicted octanol–water partition coefficient (Wildman–Crippen LogP) is -0.123. The molecule has 0 aliphatic rings. The summed E-state index contributed by atoms with van der Waals surface area (Å²) in [6, 6.07) is 4.54. The molecule has 4 nitrogen and oxygen atoms in total. The zero-order chi connectivity index (χ0) is 9.84. The molecule has 1 aromatic rings. The van der Waals surface area contributed by atoms with Gasteiger partial charge >= 0.3 is 0 Å². The van der Waals surface area contributed by atoms with E-state index in [2.05, 4.69) is 0 Å². The summed E-state index contributed by atoms with van der Waals surface area (Å²) in [6.07, 6.45) is -0.745. The molecule has 1 rings (SSSR count). The van der Waals surface area contributed by atoms with Crippen molar-refractivity contribution in [3.8, 4) is 5.75 Å². The number of hydrogen-bond donors (Lipinski definition) is 4. The first kappa shape index (κ1) is 9.98. The van der Waals surface area contributed by atoms with Crippen LogP contribution in [-0.2, 0) is 6.61 Å². The Balaban J connectivity index is 2.99. The third-order valence-corrected chi connectivity index (χ3v) is 1.88. The molecular formula is C9H13NO3. The molecule has 1 aromatic carbocycles. The molecule has 0 radical (unpaired) electrons. The fourth-order valence-electron chi connectivity index (χ4n) is 1.08. The van der Waals surface area contributed by atoms with Gasteiger partial charge in [0.15, 0.2) is 0 Å². The lowest BCUT2D eigenvalue weighted by Crippen LogP contribution is -2.11. The Hall–Kier alpha value is -1.10. The molecule has 4 heteroatoms. The highest BCUT2D eigenvalue weighted by Crippen LogP contribution is 2.21. The van der Waals surface area contributed by atoms with E-state index in [1.165, 1.54) is 12.1 Å². The topological polar surface area (TPSA) is 86.7 Å². The monoisotopic (exact) mass is 183 g/mol. The molecule has 0 spiro atoms. The van der Waals surface area contributed by atoms with E-state index >= 15 is 0 Å². The minimum atomic E-state index is -0.745. The zero-order valence-corrected chi connectivity index (χ0v) is 7.14. The van der Waals surface area contributed by atoms with Gasteiger partial charge in [0, 0.05) is 12.1 Å². The van der Waals surface area contributed by atoms with Crippen LogP contribution in [0.15, 0.2) is 18.2 Å². The SMILES string of the molecule is NC[C@@H](O)c1ccc(O)c(CO)c1. The van der Waals surface area contributed by atoms with Gasteiger partial charge in [-0.1, -0.05) is 6.07 Å². The first-order chi connectivity index (χ1) is 6.19. The minimum Gasteiger partial charge on any atom is -0.508 e. The predicted molar refractivity (Wildman–Crippen MR) is 48.0 cm³/mol. The van der Waals surface area contributed by atoms with Crippen molar-refractivity contribution in [3.05, 3.63) is 29.3 Å². The van der Waals surface area contributed by atoms with Gasteiger partial charge in [-0.25, -0.2) is 0 Å². The van der Waals surface area contributed by atoms with Crippen LogP contribution in [0, 0.1) is 0 Å². The quantitative estimate of drug-likeness (QED) is 0.526. The molecule has 0 aromatic heterocycles. The highest BCUT2D eigenvalue weighted by molar-refractivity contribution is 5.36. The van der Waals surface area contributed by atoms with Gasteiger partial charge in [0.05, 0.1) is 12.7 Å². The van der Waals surface area contributed by atoms with Gasteiger partial charge in [-0.15, -0.1) is 0 Å². The second-order valence-electron chi connectivity index (χ2n) is 2.80. The van der Waals surface area contributed by atoms with E-state index in [4.69, 9.17) is 10.8 Å². The fraction of sp³-hybridized carbons (Fsp3) is 0.333. The van der Waals surface area contributed by atoms with Crippen LogP contribution < -0.4 is 5.73 Å². The molecule has 72 valence electrons. The summed E-state index contributed by atoms with van der Waals surface area (Å²) >= 11 is 0. The van der Waals surface area contributed by atoms with Gasteiger partial charge in [0.25, 0.3) is 0 Å². The Morgan fingerprint density at radius 3 is 2.62 bits per heavy atom. The smallest absolute Gasteiger partial charge is 0.121 e. The van der Waals surface area contributed by atoms with Crippen molar-refractivity contribution < 1.29 is 15.3 Å². The van der Waals surface area contributed by atoms with Crippen LogP contribution in [-0.4, -0.2) is 21.9 Å². The third-order valence-electron chi connectivity index (χ3n) is 1.88. The van der Waals surface area contributed by atoms with Crippen LogP contribution in [0.5, 0.6) is 5.75 Å². The highest BCUT2D eigenvalue weighted by atomic mass is 16.3. The summed E-state index contributed by atoms with van der Waals surface area (Å²) in [5.41, 5.74) is 6.25. The van der Waals surface area contributed by atoms with E-state index in [0.717, 1.165) is 0 Å². The summed E-state index contributed by atoms with van der Waals surface area (Å²) in [7, 11) is 0. The Morgan fingerprint density at radius 2 is 2.08 bits per heavy atom. The van der Waals surface area contributed by atoms with E-state index in [-0.39, 0.29) is 18.9 Å². The third kappa shape index (κ3) is 2.18. The maximum atomic E-state index is 9.35. The lowest BCUT2D eigenvalue weighted by molar-refractivity contribution is 0.186. The largest absolute Gasteiger partial charge is 0.508 e. The van der Waals surface area contributed by atoms with E-state index in [1.807, 2.05) is 0 Å². The molecule has 0 saturated heterocycles. The van der Waals surface area contributed by atoms with Crippen LogP contribution >= 0.6 is 0 Å². The molecule has 0 aliphatic carbocycles. The number of nitrogens with two attached hydrogens (primary N) is 1. The van der Waals surface area contributed by atoms with Crippen molar-refractivity contribution >= 4 is 0 Å². The van der Waals surface area contributed by atoms with Crippen molar-refractivity contribution in [1.82, 2.24) is 0 Å². The second kappa shape index (κ2) is 4.23. The first-order valence-corrected chi connectivity index (χ1v) is 3.99. The lowest BCUT2D eigenvalue weighted by Gasteiger charge is -2.09. The van der Waals surface area contributed by atoms with Crippen molar-refractivity contribution in [3.63, 3.8) is 0 Å². The van der Waals surface area contributed by atoms with Crippen LogP contribution in [0.2, 0.25) is 0 Å². The molecule has 13 heavy (non-hydrogen) atoms. The Morgan fingerprint density at radius 1 is 1.38 bits per heavy atom. The molecule has 1 atom stereocenters. The van der Waals surface area contributed by atoms with Gasteiger partial charge in [-0.05, 0) is 17.7 Å². The van der Waals surface area contributed by atoms with Crippen molar-refractivity contribution in [2.75, 3.05) is 6.54 Å². The summed E-state index contributed by atoms with van der Waals surface area (Å²) < 4.78 is 0. The molecule has 0 heterocycles. The van der Waals surface area contributed by atoms with E-state index < -0.39 is 6.10 Å². The molecule has 0 amide bonds. The van der Waals surface area contributed by atoms with Crippen LogP contribution in [0.3, 0.4) is 0 Å². The molecule has 0 unspecified atom stereocenters. The van der Waals surface area contributed by atoms with Gasteiger partial charge in [-0.3, -0.25) is 0 Å². The average molecular weight is 183 g/mol. The lowest BCUT2D eigenvalue weighted by atomic mass is 10.1. The summed E-state index contributed by atoms with van der Waals surface area (Å²) in [6.45, 7) is -0.132. The number of rotatable bonds is 3. The normalized spacial score (nSPS) is 12.8. The van der Waals surface area contributed by atoms with Crippen LogP contribution in [0.1, 0.15) is 17.2 Å². The standard InChI is InChI=1S/C9H13NO3/c10-4-9(13)6-1-2-8(12)7(3-6)5-11/h1-3,9,11-13H,4-5,10H2/t9-/m1/s1. The molecular weight excluding hydrogens is 170 g/mol. The number of aliphatic hydroxyl groups is 2. The van der Waals surface area contributed by atoms with E-state index in [0.29, 0.717) is 11.1 Å². The molecule has 0 bridgehead atoms. The second-order valence-corrected chi connectivity index (χ2v) is 2.80. The van der Waals surface area contributed by atoms with Gasteiger partial charge in [0.2, 0.25) is 0 Å². The number of phenols is 1. The highest BCUT2D eigenvalue weighted by Gasteiger charge is 2.07. The number of aliphatic hydroxyl groups excluding tert-OH is 2. The number of benzene rings is 1. The van der Waals surface area contributed by atoms with Gasteiger partial charge < -0.3 is 21.1 Å². The van der Waals surface area contributed by atoms with Crippen molar-refractivity contribution in [2.24, 2.45) is 5.73 Å². The molecule has 0 saturated carbocycles. The Labute approximate surface area is 76.2 Å². The molecule has 0 aliphatic heterocycles. The van der Waals surface area contributed by atoms with Crippen molar-refractivity contribution in [1.29, 1.82) is 0 Å². The maximum Gasteiger partial charge on any atom is 0.121 e. The van der Waals surface area contributed by atoms with Crippen LogP contribution in [0.25, 0.3) is 0 Å². The fourth-order valence-corrected chi connectivity index (χ4v) is 1.08. The maximum absolute atomic E-state index is 9.35. The average Bonchev–Trinajstić information content (AvgIpc) is 2.17. The first-order valence-electron chi connectivity index (χ1n) is 3.99. The summed E-state index contributed by atoms with van der Waals surface area (Å²) in [4.78, 5) is 0. The van der Waals surface area contributed by atoms with Gasteiger partial charge in [0.1, 0.15) is 5.75 Å². The van der Waals surface area contributed by atoms with Crippen molar-refractivity contribution in [2.45, 2.75) is 12.7 Å². The summed E-state index contributed by atoms with van der Waals surface area (Å²) in [5, 5.41) is 27.4. The minimum absolute atomic E-state index is 0.0236. The summed E-state index contributed by atoms with van der Waals surface area (Å²) in [5.74, 6) is 0.0236. The Bertz CT molecular complexity index is 288. The van der Waals surface area contributed by atoms with Crippen LogP contribution in [0.4, 0.5) is 0 Å². The number of aromatic hydroxyl groups is 1. The molecule has 5 N–H and O–H groups in total. The van der Waals surface area contributed by atoms with E-state index in [9.17, 15) is 10.2 Å². The Kier molecular flexibility index (Phi) is 3.25. The zero-order valence-electron chi connectivity index (χ0n) is 7.14. The molecule has 0 fully saturated rings.